The molecule has 6 heteroatoms. The summed E-state index contributed by atoms with van der Waals surface area (Å²) in [5.41, 5.74) is 1.50. The summed E-state index contributed by atoms with van der Waals surface area (Å²) in [6, 6.07) is 11.3. The van der Waals surface area contributed by atoms with Gasteiger partial charge in [-0.2, -0.15) is 4.98 Å². The average Bonchev–Trinajstić information content (AvgIpc) is 3.64. The monoisotopic (exact) mass is 380 g/mol. The lowest BCUT2D eigenvalue weighted by molar-refractivity contribution is -0.129. The number of carbonyl (C=O) groups is 1. The molecule has 1 N–H and O–H groups in total. The number of piperidine rings is 1. The van der Waals surface area contributed by atoms with Crippen molar-refractivity contribution in [2.45, 2.75) is 62.3 Å². The van der Waals surface area contributed by atoms with Gasteiger partial charge in [-0.3, -0.25) is 4.79 Å². The van der Waals surface area contributed by atoms with Crippen molar-refractivity contribution in [2.24, 2.45) is 0 Å². The highest BCUT2D eigenvalue weighted by Crippen LogP contribution is 2.48. The lowest BCUT2D eigenvalue weighted by Crippen LogP contribution is -2.36. The molecule has 0 unspecified atom stereocenters. The van der Waals surface area contributed by atoms with Gasteiger partial charge in [-0.15, -0.1) is 0 Å². The van der Waals surface area contributed by atoms with Gasteiger partial charge in [0.2, 0.25) is 11.8 Å². The molecule has 1 aromatic heterocycles. The fourth-order valence-corrected chi connectivity index (χ4v) is 4.50. The fourth-order valence-electron chi connectivity index (χ4n) is 4.50. The van der Waals surface area contributed by atoms with Gasteiger partial charge in [-0.1, -0.05) is 35.5 Å². The molecule has 2 heterocycles. The highest BCUT2D eigenvalue weighted by atomic mass is 16.5. The van der Waals surface area contributed by atoms with Crippen LogP contribution in [0.15, 0.2) is 34.9 Å². The number of rotatable bonds is 6. The van der Waals surface area contributed by atoms with E-state index in [1.807, 2.05) is 4.90 Å². The number of benzene rings is 1. The molecule has 5 rings (SSSR count). The van der Waals surface area contributed by atoms with E-state index in [1.54, 1.807) is 6.92 Å². The van der Waals surface area contributed by atoms with Gasteiger partial charge in [0.1, 0.15) is 0 Å². The summed E-state index contributed by atoms with van der Waals surface area (Å²) in [6.45, 7) is 4.14. The molecule has 148 valence electrons. The van der Waals surface area contributed by atoms with Crippen molar-refractivity contribution in [3.8, 4) is 0 Å². The van der Waals surface area contributed by atoms with Gasteiger partial charge in [0.15, 0.2) is 5.82 Å². The first-order valence-corrected chi connectivity index (χ1v) is 10.5. The fraction of sp³-hybridized carbons (Fsp3) is 0.591. The van der Waals surface area contributed by atoms with Gasteiger partial charge < -0.3 is 14.7 Å². The predicted octanol–water partition coefficient (Wildman–Crippen LogP) is 2.97. The first-order chi connectivity index (χ1) is 13.6. The van der Waals surface area contributed by atoms with Crippen LogP contribution >= 0.6 is 0 Å². The van der Waals surface area contributed by atoms with E-state index in [1.165, 1.54) is 12.0 Å². The number of amides is 1. The number of nitrogens with zero attached hydrogens (tertiary/aromatic N) is 3. The number of hydrogen-bond donors (Lipinski definition) is 1. The quantitative estimate of drug-likeness (QED) is 0.834. The third kappa shape index (κ3) is 3.46. The Balaban J connectivity index is 1.17. The average molecular weight is 380 g/mol. The molecule has 1 amide bonds. The van der Waals surface area contributed by atoms with Crippen LogP contribution in [0.4, 0.5) is 0 Å². The van der Waals surface area contributed by atoms with Crippen molar-refractivity contribution in [2.75, 3.05) is 19.6 Å². The molecule has 0 bridgehead atoms. The molecule has 28 heavy (non-hydrogen) atoms. The summed E-state index contributed by atoms with van der Waals surface area (Å²) in [6.07, 6.45) is 5.29. The van der Waals surface area contributed by atoms with Crippen molar-refractivity contribution in [1.29, 1.82) is 0 Å². The van der Waals surface area contributed by atoms with Crippen LogP contribution in [0.25, 0.3) is 0 Å². The predicted molar refractivity (Wildman–Crippen MR) is 105 cm³/mol. The molecule has 6 nitrogen and oxygen atoms in total. The Labute approximate surface area is 165 Å². The lowest BCUT2D eigenvalue weighted by Gasteiger charge is -2.29. The molecule has 0 spiro atoms. The maximum Gasteiger partial charge on any atom is 0.229 e. The van der Waals surface area contributed by atoms with E-state index in [-0.39, 0.29) is 17.2 Å². The van der Waals surface area contributed by atoms with Crippen LogP contribution in [-0.2, 0) is 10.2 Å². The Morgan fingerprint density at radius 2 is 2.00 bits per heavy atom. The maximum atomic E-state index is 11.5. The van der Waals surface area contributed by atoms with E-state index in [4.69, 9.17) is 9.51 Å². The Morgan fingerprint density at radius 1 is 1.25 bits per heavy atom. The Kier molecular flexibility index (Phi) is 4.46. The minimum atomic E-state index is 0.0612. The summed E-state index contributed by atoms with van der Waals surface area (Å²) in [4.78, 5) is 18.2. The molecular weight excluding hydrogens is 352 g/mol. The second kappa shape index (κ2) is 6.99. The molecule has 1 saturated heterocycles. The molecule has 1 aliphatic heterocycles. The largest absolute Gasteiger partial charge is 0.343 e. The molecule has 3 fully saturated rings. The van der Waals surface area contributed by atoms with Crippen molar-refractivity contribution >= 4 is 5.91 Å². The summed E-state index contributed by atoms with van der Waals surface area (Å²) >= 11 is 0. The Morgan fingerprint density at radius 3 is 2.68 bits per heavy atom. The van der Waals surface area contributed by atoms with E-state index in [0.717, 1.165) is 57.0 Å². The standard InChI is InChI=1S/C22H28N4O2/c1-15(27)26-11-7-17(8-12-26)20-24-21(25-28-20)22(9-10-22)14-23-19-13-18(19)16-5-3-2-4-6-16/h2-6,17-19,23H,7-14H2,1H3/t18-,19+/m1/s1. The van der Waals surface area contributed by atoms with Crippen LogP contribution in [0.2, 0.25) is 0 Å². The van der Waals surface area contributed by atoms with Crippen molar-refractivity contribution in [3.05, 3.63) is 47.6 Å². The molecule has 1 aromatic carbocycles. The molecule has 2 saturated carbocycles. The van der Waals surface area contributed by atoms with Crippen LogP contribution in [0.5, 0.6) is 0 Å². The number of nitrogens with one attached hydrogen (secondary N) is 1. The third-order valence-electron chi connectivity index (χ3n) is 6.78. The minimum Gasteiger partial charge on any atom is -0.343 e. The van der Waals surface area contributed by atoms with Gasteiger partial charge in [0, 0.05) is 49.9 Å². The highest BCUT2D eigenvalue weighted by molar-refractivity contribution is 5.73. The molecule has 2 aromatic rings. The number of aromatic nitrogens is 2. The summed E-state index contributed by atoms with van der Waals surface area (Å²) in [7, 11) is 0. The van der Waals surface area contributed by atoms with Crippen molar-refractivity contribution in [3.63, 3.8) is 0 Å². The number of likely N-dealkylation sites (tertiary alicyclic amines) is 1. The number of hydrogen-bond acceptors (Lipinski definition) is 5. The molecular formula is C22H28N4O2. The van der Waals surface area contributed by atoms with E-state index >= 15 is 0 Å². The van der Waals surface area contributed by atoms with Crippen molar-refractivity contribution in [1.82, 2.24) is 20.4 Å². The molecule has 0 radical (unpaired) electrons. The number of carbonyl (C=O) groups excluding carboxylic acids is 1. The van der Waals surface area contributed by atoms with Gasteiger partial charge >= 0.3 is 0 Å². The topological polar surface area (TPSA) is 71.3 Å². The van der Waals surface area contributed by atoms with E-state index in [0.29, 0.717) is 12.0 Å². The van der Waals surface area contributed by atoms with Crippen molar-refractivity contribution < 1.29 is 9.32 Å². The van der Waals surface area contributed by atoms with Gasteiger partial charge in [0.25, 0.3) is 0 Å². The smallest absolute Gasteiger partial charge is 0.229 e. The lowest BCUT2D eigenvalue weighted by atomic mass is 9.96. The normalized spacial score (nSPS) is 26.2. The Hall–Kier alpha value is -2.21. The summed E-state index contributed by atoms with van der Waals surface area (Å²) in [5.74, 6) is 2.72. The Bertz CT molecular complexity index is 837. The molecule has 2 aliphatic carbocycles. The van der Waals surface area contributed by atoms with E-state index in [9.17, 15) is 4.79 Å². The second-order valence-corrected chi connectivity index (χ2v) is 8.76. The highest BCUT2D eigenvalue weighted by Gasteiger charge is 2.50. The van der Waals surface area contributed by atoms with Crippen LogP contribution < -0.4 is 5.32 Å². The zero-order chi connectivity index (χ0) is 19.1. The zero-order valence-electron chi connectivity index (χ0n) is 16.4. The summed E-state index contributed by atoms with van der Waals surface area (Å²) < 4.78 is 5.65. The van der Waals surface area contributed by atoms with Crippen LogP contribution in [-0.4, -0.2) is 46.6 Å². The summed E-state index contributed by atoms with van der Waals surface area (Å²) in [5, 5.41) is 8.10. The zero-order valence-corrected chi connectivity index (χ0v) is 16.4. The van der Waals surface area contributed by atoms with E-state index < -0.39 is 0 Å². The molecule has 3 aliphatic rings. The van der Waals surface area contributed by atoms with Crippen LogP contribution in [0, 0.1) is 0 Å². The minimum absolute atomic E-state index is 0.0612. The third-order valence-corrected chi connectivity index (χ3v) is 6.78. The maximum absolute atomic E-state index is 11.5. The van der Waals surface area contributed by atoms with Crippen LogP contribution in [0.3, 0.4) is 0 Å². The first kappa shape index (κ1) is 17.9. The van der Waals surface area contributed by atoms with Gasteiger partial charge in [0.05, 0.1) is 0 Å². The SMILES string of the molecule is CC(=O)N1CCC(c2nc(C3(CN[C@H]4C[C@@H]4c4ccccc4)CC3)no2)CC1. The van der Waals surface area contributed by atoms with Gasteiger partial charge in [-0.05, 0) is 37.7 Å². The molecule has 2 atom stereocenters. The van der Waals surface area contributed by atoms with Gasteiger partial charge in [-0.25, -0.2) is 0 Å². The first-order valence-electron chi connectivity index (χ1n) is 10.5. The van der Waals surface area contributed by atoms with E-state index in [2.05, 4.69) is 40.8 Å². The van der Waals surface area contributed by atoms with Crippen LogP contribution in [0.1, 0.15) is 68.1 Å². The second-order valence-electron chi connectivity index (χ2n) is 8.76.